The third kappa shape index (κ3) is 2.61. The van der Waals surface area contributed by atoms with Crippen LogP contribution in [0.25, 0.3) is 10.9 Å². The van der Waals surface area contributed by atoms with Crippen LogP contribution in [0.2, 0.25) is 0 Å². The molecule has 0 aliphatic carbocycles. The van der Waals surface area contributed by atoms with Crippen molar-refractivity contribution in [1.82, 2.24) is 25.1 Å². The number of hydrogen-bond donors (Lipinski definition) is 2. The average Bonchev–Trinajstić information content (AvgIpc) is 3.02. The van der Waals surface area contributed by atoms with E-state index in [0.29, 0.717) is 22.6 Å². The first-order chi connectivity index (χ1) is 10.5. The molecule has 0 aliphatic heterocycles. The number of carbonyl (C=O) groups excluding carboxylic acids is 1. The van der Waals surface area contributed by atoms with Crippen LogP contribution in [0.15, 0.2) is 22.7 Å². The Balaban J connectivity index is 1.89. The standard InChI is InChI=1S/C14H13BrFN5O/c1-7-17-11(20-19-7)6-21(2)14(22)13-12(16)9-5-8(15)3-4-10(9)18-13/h3-5,18H,6H2,1-2H3,(H,17,19,20). The largest absolute Gasteiger partial charge is 0.348 e. The molecule has 0 atom stereocenters. The normalized spacial score (nSPS) is 11.1. The quantitative estimate of drug-likeness (QED) is 0.748. The molecule has 2 N–H and O–H groups in total. The zero-order chi connectivity index (χ0) is 15.9. The van der Waals surface area contributed by atoms with Crippen LogP contribution in [0.4, 0.5) is 4.39 Å². The van der Waals surface area contributed by atoms with Crippen LogP contribution in [0.3, 0.4) is 0 Å². The second kappa shape index (κ2) is 5.53. The lowest BCUT2D eigenvalue weighted by Crippen LogP contribution is -2.27. The van der Waals surface area contributed by atoms with Crippen molar-refractivity contribution in [2.75, 3.05) is 7.05 Å². The van der Waals surface area contributed by atoms with Crippen LogP contribution < -0.4 is 0 Å². The number of rotatable bonds is 3. The summed E-state index contributed by atoms with van der Waals surface area (Å²) in [4.78, 5) is 20.7. The van der Waals surface area contributed by atoms with Crippen molar-refractivity contribution in [3.63, 3.8) is 0 Å². The number of halogens is 2. The molecule has 1 amide bonds. The van der Waals surface area contributed by atoms with E-state index in [-0.39, 0.29) is 12.2 Å². The van der Waals surface area contributed by atoms with E-state index in [2.05, 4.69) is 36.1 Å². The lowest BCUT2D eigenvalue weighted by Gasteiger charge is -2.14. The number of hydrogen-bond acceptors (Lipinski definition) is 3. The molecule has 0 saturated heterocycles. The SMILES string of the molecule is Cc1nc(CN(C)C(=O)c2[nH]c3ccc(Br)cc3c2F)n[nH]1. The van der Waals surface area contributed by atoms with Crippen molar-refractivity contribution < 1.29 is 9.18 Å². The predicted molar refractivity (Wildman–Crippen MR) is 82.9 cm³/mol. The highest BCUT2D eigenvalue weighted by molar-refractivity contribution is 9.10. The molecule has 0 unspecified atom stereocenters. The Morgan fingerprint density at radius 2 is 2.23 bits per heavy atom. The van der Waals surface area contributed by atoms with Crippen LogP contribution in [0, 0.1) is 12.7 Å². The lowest BCUT2D eigenvalue weighted by atomic mass is 10.2. The first-order valence-electron chi connectivity index (χ1n) is 6.56. The fourth-order valence-corrected chi connectivity index (χ4v) is 2.57. The maximum atomic E-state index is 14.4. The summed E-state index contributed by atoms with van der Waals surface area (Å²) in [5, 5.41) is 7.05. The number of benzene rings is 1. The summed E-state index contributed by atoms with van der Waals surface area (Å²) in [7, 11) is 1.58. The predicted octanol–water partition coefficient (Wildman–Crippen LogP) is 2.77. The number of nitrogens with zero attached hydrogens (tertiary/aromatic N) is 3. The molecule has 2 aromatic heterocycles. The van der Waals surface area contributed by atoms with Crippen LogP contribution in [-0.4, -0.2) is 38.0 Å². The molecule has 8 heteroatoms. The lowest BCUT2D eigenvalue weighted by molar-refractivity contribution is 0.0772. The van der Waals surface area contributed by atoms with Gasteiger partial charge in [-0.25, -0.2) is 9.37 Å². The maximum absolute atomic E-state index is 14.4. The summed E-state index contributed by atoms with van der Waals surface area (Å²) in [5.41, 5.74) is 0.508. The fraction of sp³-hybridized carbons (Fsp3) is 0.214. The molecule has 0 fully saturated rings. The average molecular weight is 366 g/mol. The van der Waals surface area contributed by atoms with Crippen molar-refractivity contribution in [2.45, 2.75) is 13.5 Å². The smallest absolute Gasteiger partial charge is 0.273 e. The highest BCUT2D eigenvalue weighted by Crippen LogP contribution is 2.25. The zero-order valence-corrected chi connectivity index (χ0v) is 13.5. The van der Waals surface area contributed by atoms with E-state index in [4.69, 9.17) is 0 Å². The zero-order valence-electron chi connectivity index (χ0n) is 11.9. The van der Waals surface area contributed by atoms with Gasteiger partial charge in [0.2, 0.25) is 0 Å². The molecule has 0 aliphatic rings. The van der Waals surface area contributed by atoms with E-state index in [1.165, 1.54) is 4.90 Å². The molecule has 0 spiro atoms. The number of amides is 1. The molecular formula is C14H13BrFN5O. The number of aryl methyl sites for hydroxylation is 1. The summed E-state index contributed by atoms with van der Waals surface area (Å²) in [5.74, 6) is 0.136. The number of aromatic nitrogens is 4. The number of fused-ring (bicyclic) bond motifs is 1. The Morgan fingerprint density at radius 3 is 2.91 bits per heavy atom. The van der Waals surface area contributed by atoms with Gasteiger partial charge >= 0.3 is 0 Å². The molecule has 2 heterocycles. The van der Waals surface area contributed by atoms with Gasteiger partial charge in [-0.1, -0.05) is 15.9 Å². The minimum Gasteiger partial charge on any atom is -0.348 e. The van der Waals surface area contributed by atoms with Crippen molar-refractivity contribution in [3.8, 4) is 0 Å². The molecular weight excluding hydrogens is 353 g/mol. The number of aromatic amines is 2. The summed E-state index contributed by atoms with van der Waals surface area (Å²) < 4.78 is 15.2. The second-order valence-electron chi connectivity index (χ2n) is 5.00. The van der Waals surface area contributed by atoms with Crippen molar-refractivity contribution in [2.24, 2.45) is 0 Å². The summed E-state index contributed by atoms with van der Waals surface area (Å²) in [6.07, 6.45) is 0. The summed E-state index contributed by atoms with van der Waals surface area (Å²) in [6.45, 7) is 1.97. The number of nitrogens with one attached hydrogen (secondary N) is 2. The van der Waals surface area contributed by atoms with Gasteiger partial charge in [0.05, 0.1) is 6.54 Å². The molecule has 22 heavy (non-hydrogen) atoms. The molecule has 3 aromatic rings. The van der Waals surface area contributed by atoms with E-state index in [1.54, 1.807) is 32.2 Å². The molecule has 3 rings (SSSR count). The Labute approximate surface area is 133 Å². The summed E-state index contributed by atoms with van der Waals surface area (Å²) >= 11 is 3.29. The maximum Gasteiger partial charge on any atom is 0.273 e. The number of carbonyl (C=O) groups is 1. The third-order valence-corrected chi connectivity index (χ3v) is 3.77. The van der Waals surface area contributed by atoms with E-state index in [1.807, 2.05) is 0 Å². The van der Waals surface area contributed by atoms with Gasteiger partial charge in [0, 0.05) is 22.4 Å². The fourth-order valence-electron chi connectivity index (χ4n) is 2.21. The number of H-pyrrole nitrogens is 2. The van der Waals surface area contributed by atoms with Gasteiger partial charge in [0.15, 0.2) is 11.6 Å². The molecule has 1 aromatic carbocycles. The van der Waals surface area contributed by atoms with E-state index in [9.17, 15) is 9.18 Å². The Bertz CT molecular complexity index is 856. The molecule has 114 valence electrons. The van der Waals surface area contributed by atoms with Crippen molar-refractivity contribution in [3.05, 3.63) is 45.8 Å². The van der Waals surface area contributed by atoms with Crippen molar-refractivity contribution >= 4 is 32.7 Å². The monoisotopic (exact) mass is 365 g/mol. The second-order valence-corrected chi connectivity index (χ2v) is 5.92. The topological polar surface area (TPSA) is 77.7 Å². The first-order valence-corrected chi connectivity index (χ1v) is 7.35. The van der Waals surface area contributed by atoms with Gasteiger partial charge in [-0.3, -0.25) is 9.89 Å². The van der Waals surface area contributed by atoms with Gasteiger partial charge in [0.25, 0.3) is 5.91 Å². The Kier molecular flexibility index (Phi) is 3.69. The molecule has 6 nitrogen and oxygen atoms in total. The minimum atomic E-state index is -0.556. The highest BCUT2D eigenvalue weighted by Gasteiger charge is 2.22. The molecule has 0 radical (unpaired) electrons. The van der Waals surface area contributed by atoms with Gasteiger partial charge in [-0.15, -0.1) is 0 Å². The minimum absolute atomic E-state index is 0.0668. The van der Waals surface area contributed by atoms with E-state index < -0.39 is 11.7 Å². The first kappa shape index (κ1) is 14.7. The Hall–Kier alpha value is -2.22. The Morgan fingerprint density at radius 1 is 1.45 bits per heavy atom. The van der Waals surface area contributed by atoms with Crippen LogP contribution in [-0.2, 0) is 6.54 Å². The third-order valence-electron chi connectivity index (χ3n) is 3.28. The van der Waals surface area contributed by atoms with Gasteiger partial charge in [-0.2, -0.15) is 5.10 Å². The van der Waals surface area contributed by atoms with Crippen molar-refractivity contribution in [1.29, 1.82) is 0 Å². The van der Waals surface area contributed by atoms with Crippen LogP contribution in [0.1, 0.15) is 22.1 Å². The van der Waals surface area contributed by atoms with Gasteiger partial charge in [-0.05, 0) is 25.1 Å². The summed E-state index contributed by atoms with van der Waals surface area (Å²) in [6, 6.07) is 5.14. The van der Waals surface area contributed by atoms with Crippen LogP contribution >= 0.6 is 15.9 Å². The molecule has 0 bridgehead atoms. The van der Waals surface area contributed by atoms with Gasteiger partial charge < -0.3 is 9.88 Å². The van der Waals surface area contributed by atoms with Crippen LogP contribution in [0.5, 0.6) is 0 Å². The highest BCUT2D eigenvalue weighted by atomic mass is 79.9. The van der Waals surface area contributed by atoms with E-state index >= 15 is 0 Å². The molecule has 0 saturated carbocycles. The van der Waals surface area contributed by atoms with E-state index in [0.717, 1.165) is 4.47 Å². The van der Waals surface area contributed by atoms with Gasteiger partial charge in [0.1, 0.15) is 11.5 Å².